The third-order valence-electron chi connectivity index (χ3n) is 3.19. The van der Waals surface area contributed by atoms with Crippen LogP contribution in [0.2, 0.25) is 0 Å². The molecule has 0 saturated carbocycles. The summed E-state index contributed by atoms with van der Waals surface area (Å²) < 4.78 is 5.52. The number of likely N-dealkylation sites (N-methyl/N-ethyl adjacent to an activating group) is 1. The molecule has 0 aliphatic carbocycles. The Morgan fingerprint density at radius 1 is 1.09 bits per heavy atom. The van der Waals surface area contributed by atoms with Crippen LogP contribution in [0.1, 0.15) is 13.3 Å². The van der Waals surface area contributed by atoms with Gasteiger partial charge in [-0.05, 0) is 42.8 Å². The molecule has 1 amide bonds. The van der Waals surface area contributed by atoms with E-state index in [0.717, 1.165) is 23.5 Å². The summed E-state index contributed by atoms with van der Waals surface area (Å²) in [5.74, 6) is 0.773. The van der Waals surface area contributed by atoms with Crippen LogP contribution in [0.5, 0.6) is 5.75 Å². The summed E-state index contributed by atoms with van der Waals surface area (Å²) in [7, 11) is 1.90. The Morgan fingerprint density at radius 2 is 1.77 bits per heavy atom. The zero-order chi connectivity index (χ0) is 15.8. The zero-order valence-corrected chi connectivity index (χ0v) is 13.1. The fraction of sp³-hybridized carbons (Fsp3) is 0.278. The van der Waals surface area contributed by atoms with Gasteiger partial charge in [0.25, 0.3) is 0 Å². The van der Waals surface area contributed by atoms with E-state index in [9.17, 15) is 4.79 Å². The van der Waals surface area contributed by atoms with Crippen molar-refractivity contribution in [1.29, 1.82) is 0 Å². The first-order valence-electron chi connectivity index (χ1n) is 7.48. The quantitative estimate of drug-likeness (QED) is 0.850. The van der Waals surface area contributed by atoms with Crippen LogP contribution in [0.4, 0.5) is 11.4 Å². The van der Waals surface area contributed by atoms with E-state index in [1.165, 1.54) is 0 Å². The van der Waals surface area contributed by atoms with E-state index >= 15 is 0 Å². The number of carbonyl (C=O) groups is 1. The standard InChI is InChI=1S/C18H22N2O2/c1-3-13-22-17-11-9-15(10-12-17)19-18(21)14-20(2)16-7-5-4-6-8-16/h4-12H,3,13-14H2,1-2H3,(H,19,21). The molecule has 2 rings (SSSR count). The number of hydrogen-bond acceptors (Lipinski definition) is 3. The lowest BCUT2D eigenvalue weighted by atomic mass is 10.3. The lowest BCUT2D eigenvalue weighted by Gasteiger charge is -2.18. The largest absolute Gasteiger partial charge is 0.494 e. The number of para-hydroxylation sites is 1. The van der Waals surface area contributed by atoms with Gasteiger partial charge < -0.3 is 15.0 Å². The Labute approximate surface area is 131 Å². The molecule has 4 nitrogen and oxygen atoms in total. The number of nitrogens with one attached hydrogen (secondary N) is 1. The minimum absolute atomic E-state index is 0.0476. The van der Waals surface area contributed by atoms with Crippen LogP contribution < -0.4 is 15.0 Å². The maximum Gasteiger partial charge on any atom is 0.243 e. The number of ether oxygens (including phenoxy) is 1. The molecular formula is C18H22N2O2. The van der Waals surface area contributed by atoms with Gasteiger partial charge >= 0.3 is 0 Å². The molecule has 0 atom stereocenters. The highest BCUT2D eigenvalue weighted by Gasteiger charge is 2.07. The number of benzene rings is 2. The van der Waals surface area contributed by atoms with Crippen LogP contribution in [-0.4, -0.2) is 26.1 Å². The lowest BCUT2D eigenvalue weighted by Crippen LogP contribution is -2.29. The van der Waals surface area contributed by atoms with Crippen molar-refractivity contribution >= 4 is 17.3 Å². The van der Waals surface area contributed by atoms with Gasteiger partial charge in [-0.3, -0.25) is 4.79 Å². The summed E-state index contributed by atoms with van der Waals surface area (Å²) in [5.41, 5.74) is 1.79. The molecule has 0 aromatic heterocycles. The van der Waals surface area contributed by atoms with E-state index in [4.69, 9.17) is 4.74 Å². The third kappa shape index (κ3) is 4.81. The van der Waals surface area contributed by atoms with E-state index in [0.29, 0.717) is 13.2 Å². The van der Waals surface area contributed by atoms with Crippen molar-refractivity contribution in [3.05, 3.63) is 54.6 Å². The summed E-state index contributed by atoms with van der Waals surface area (Å²) >= 11 is 0. The number of rotatable bonds is 7. The van der Waals surface area contributed by atoms with Gasteiger partial charge in [0, 0.05) is 18.4 Å². The molecule has 0 fully saturated rings. The van der Waals surface area contributed by atoms with E-state index in [-0.39, 0.29) is 5.91 Å². The van der Waals surface area contributed by atoms with Crippen molar-refractivity contribution in [3.8, 4) is 5.75 Å². The van der Waals surface area contributed by atoms with Gasteiger partial charge in [-0.1, -0.05) is 25.1 Å². The molecule has 0 spiro atoms. The molecule has 116 valence electrons. The Hall–Kier alpha value is -2.49. The molecule has 0 bridgehead atoms. The normalized spacial score (nSPS) is 10.1. The van der Waals surface area contributed by atoms with Crippen LogP contribution in [0.25, 0.3) is 0 Å². The van der Waals surface area contributed by atoms with Crippen LogP contribution >= 0.6 is 0 Å². The van der Waals surface area contributed by atoms with Crippen molar-refractivity contribution in [3.63, 3.8) is 0 Å². The fourth-order valence-corrected chi connectivity index (χ4v) is 2.04. The number of carbonyl (C=O) groups excluding carboxylic acids is 1. The molecule has 22 heavy (non-hydrogen) atoms. The molecule has 0 heterocycles. The molecule has 4 heteroatoms. The predicted octanol–water partition coefficient (Wildman–Crippen LogP) is 3.55. The molecule has 0 aliphatic heterocycles. The highest BCUT2D eigenvalue weighted by molar-refractivity contribution is 5.94. The molecule has 0 unspecified atom stereocenters. The smallest absolute Gasteiger partial charge is 0.243 e. The minimum Gasteiger partial charge on any atom is -0.494 e. The van der Waals surface area contributed by atoms with Gasteiger partial charge in [0.1, 0.15) is 5.75 Å². The predicted molar refractivity (Wildman–Crippen MR) is 90.6 cm³/mol. The van der Waals surface area contributed by atoms with Crippen LogP contribution in [0, 0.1) is 0 Å². The van der Waals surface area contributed by atoms with Gasteiger partial charge in [0.05, 0.1) is 13.2 Å². The first-order chi connectivity index (χ1) is 10.7. The molecule has 2 aromatic carbocycles. The summed E-state index contributed by atoms with van der Waals surface area (Å²) in [4.78, 5) is 14.0. The second kappa shape index (κ2) is 8.08. The van der Waals surface area contributed by atoms with E-state index < -0.39 is 0 Å². The van der Waals surface area contributed by atoms with Crippen LogP contribution in [0.15, 0.2) is 54.6 Å². The molecule has 0 saturated heterocycles. The average molecular weight is 298 g/mol. The molecular weight excluding hydrogens is 276 g/mol. The van der Waals surface area contributed by atoms with Gasteiger partial charge in [-0.2, -0.15) is 0 Å². The van der Waals surface area contributed by atoms with Gasteiger partial charge in [-0.15, -0.1) is 0 Å². The Kier molecular flexibility index (Phi) is 5.83. The van der Waals surface area contributed by atoms with E-state index in [1.807, 2.05) is 66.5 Å². The SMILES string of the molecule is CCCOc1ccc(NC(=O)CN(C)c2ccccc2)cc1. The Morgan fingerprint density at radius 3 is 2.41 bits per heavy atom. The summed E-state index contributed by atoms with van der Waals surface area (Å²) in [6.07, 6.45) is 0.976. The first kappa shape index (κ1) is 15.9. The molecule has 2 aromatic rings. The molecule has 0 radical (unpaired) electrons. The van der Waals surface area contributed by atoms with E-state index in [1.54, 1.807) is 0 Å². The first-order valence-corrected chi connectivity index (χ1v) is 7.48. The summed E-state index contributed by atoms with van der Waals surface area (Å²) in [5, 5.41) is 2.89. The fourth-order valence-electron chi connectivity index (χ4n) is 2.04. The topological polar surface area (TPSA) is 41.6 Å². The summed E-state index contributed by atoms with van der Waals surface area (Å²) in [6.45, 7) is 3.07. The highest BCUT2D eigenvalue weighted by atomic mass is 16.5. The van der Waals surface area contributed by atoms with Crippen molar-refractivity contribution in [1.82, 2.24) is 0 Å². The van der Waals surface area contributed by atoms with Crippen LogP contribution in [-0.2, 0) is 4.79 Å². The van der Waals surface area contributed by atoms with Crippen LogP contribution in [0.3, 0.4) is 0 Å². The third-order valence-corrected chi connectivity index (χ3v) is 3.19. The number of hydrogen-bond donors (Lipinski definition) is 1. The number of amides is 1. The maximum atomic E-state index is 12.1. The van der Waals surface area contributed by atoms with Gasteiger partial charge in [0.15, 0.2) is 0 Å². The van der Waals surface area contributed by atoms with Gasteiger partial charge in [0.2, 0.25) is 5.91 Å². The van der Waals surface area contributed by atoms with Crippen molar-refractivity contribution in [2.45, 2.75) is 13.3 Å². The number of anilines is 2. The maximum absolute atomic E-state index is 12.1. The lowest BCUT2D eigenvalue weighted by molar-refractivity contribution is -0.114. The summed E-state index contributed by atoms with van der Waals surface area (Å²) in [6, 6.07) is 17.3. The van der Waals surface area contributed by atoms with Crippen molar-refractivity contribution in [2.24, 2.45) is 0 Å². The minimum atomic E-state index is -0.0476. The van der Waals surface area contributed by atoms with Crippen molar-refractivity contribution < 1.29 is 9.53 Å². The second-order valence-electron chi connectivity index (χ2n) is 5.11. The monoisotopic (exact) mass is 298 g/mol. The Bertz CT molecular complexity index is 582. The Balaban J connectivity index is 1.86. The average Bonchev–Trinajstić information content (AvgIpc) is 2.55. The molecule has 0 aliphatic rings. The highest BCUT2D eigenvalue weighted by Crippen LogP contribution is 2.16. The van der Waals surface area contributed by atoms with E-state index in [2.05, 4.69) is 12.2 Å². The van der Waals surface area contributed by atoms with Crippen molar-refractivity contribution in [2.75, 3.05) is 30.4 Å². The second-order valence-corrected chi connectivity index (χ2v) is 5.11. The zero-order valence-electron chi connectivity index (χ0n) is 13.1. The van der Waals surface area contributed by atoms with Gasteiger partial charge in [-0.25, -0.2) is 0 Å². The molecule has 1 N–H and O–H groups in total. The number of nitrogens with zero attached hydrogens (tertiary/aromatic N) is 1.